The molecule has 0 fully saturated rings. The molecular formula is C14H23ClN2O3. The Labute approximate surface area is 126 Å². The van der Waals surface area contributed by atoms with Gasteiger partial charge in [0.1, 0.15) is 5.75 Å². The van der Waals surface area contributed by atoms with Gasteiger partial charge >= 0.3 is 0 Å². The van der Waals surface area contributed by atoms with Crippen LogP contribution in [0.1, 0.15) is 19.8 Å². The third kappa shape index (κ3) is 6.75. The summed E-state index contributed by atoms with van der Waals surface area (Å²) >= 11 is 0. The van der Waals surface area contributed by atoms with Gasteiger partial charge in [0.05, 0.1) is 19.1 Å². The highest BCUT2D eigenvalue weighted by molar-refractivity contribution is 5.91. The molecule has 1 aromatic rings. The van der Waals surface area contributed by atoms with Crippen molar-refractivity contribution in [3.63, 3.8) is 0 Å². The highest BCUT2D eigenvalue weighted by atomic mass is 35.5. The Bertz CT molecular complexity index is 398. The van der Waals surface area contributed by atoms with E-state index in [-0.39, 0.29) is 30.8 Å². The molecular weight excluding hydrogens is 280 g/mol. The summed E-state index contributed by atoms with van der Waals surface area (Å²) in [5.74, 6) is 0.631. The predicted octanol–water partition coefficient (Wildman–Crippen LogP) is 2.20. The van der Waals surface area contributed by atoms with E-state index in [1.165, 1.54) is 0 Å². The number of nitrogens with two attached hydrogens (primary N) is 1. The lowest BCUT2D eigenvalue weighted by molar-refractivity contribution is -0.118. The van der Waals surface area contributed by atoms with E-state index in [0.29, 0.717) is 18.8 Å². The van der Waals surface area contributed by atoms with Crippen molar-refractivity contribution in [1.82, 2.24) is 0 Å². The van der Waals surface area contributed by atoms with E-state index >= 15 is 0 Å². The summed E-state index contributed by atoms with van der Waals surface area (Å²) in [7, 11) is 1.55. The molecule has 5 nitrogen and oxygen atoms in total. The Balaban J connectivity index is 0.00000361. The number of benzene rings is 1. The summed E-state index contributed by atoms with van der Waals surface area (Å²) in [6.07, 6.45) is 0.940. The topological polar surface area (TPSA) is 73.6 Å². The average Bonchev–Trinajstić information content (AvgIpc) is 2.43. The molecule has 114 valence electrons. The van der Waals surface area contributed by atoms with Crippen molar-refractivity contribution in [2.75, 3.05) is 25.6 Å². The molecule has 3 N–H and O–H groups in total. The molecule has 1 aromatic carbocycles. The molecule has 0 aliphatic heterocycles. The minimum Gasteiger partial charge on any atom is -0.494 e. The van der Waals surface area contributed by atoms with E-state index in [2.05, 4.69) is 5.32 Å². The van der Waals surface area contributed by atoms with Gasteiger partial charge < -0.3 is 20.5 Å². The monoisotopic (exact) mass is 302 g/mol. The van der Waals surface area contributed by atoms with E-state index in [4.69, 9.17) is 15.2 Å². The maximum Gasteiger partial charge on any atom is 0.227 e. The average molecular weight is 303 g/mol. The third-order valence-corrected chi connectivity index (χ3v) is 2.60. The zero-order valence-electron chi connectivity index (χ0n) is 11.9. The van der Waals surface area contributed by atoms with Crippen molar-refractivity contribution in [1.29, 1.82) is 0 Å². The fraction of sp³-hybridized carbons (Fsp3) is 0.500. The number of carbonyl (C=O) groups is 1. The van der Waals surface area contributed by atoms with Crippen LogP contribution >= 0.6 is 12.4 Å². The largest absolute Gasteiger partial charge is 0.494 e. The van der Waals surface area contributed by atoms with Crippen molar-refractivity contribution in [3.05, 3.63) is 24.3 Å². The number of nitrogens with one attached hydrogen (secondary N) is 1. The maximum atomic E-state index is 11.8. The molecule has 1 atom stereocenters. The van der Waals surface area contributed by atoms with Gasteiger partial charge in [0.2, 0.25) is 5.91 Å². The molecule has 1 rings (SSSR count). The molecule has 1 amide bonds. The first-order valence-corrected chi connectivity index (χ1v) is 6.45. The minimum absolute atomic E-state index is 0. The minimum atomic E-state index is -0.250. The van der Waals surface area contributed by atoms with Gasteiger partial charge in [0.15, 0.2) is 0 Å². The molecule has 0 saturated heterocycles. The summed E-state index contributed by atoms with van der Waals surface area (Å²) < 4.78 is 10.6. The van der Waals surface area contributed by atoms with E-state index in [1.54, 1.807) is 13.2 Å². The quantitative estimate of drug-likeness (QED) is 0.772. The molecule has 0 bridgehead atoms. The molecule has 0 aliphatic rings. The fourth-order valence-corrected chi connectivity index (χ4v) is 1.57. The molecule has 0 spiro atoms. The summed E-state index contributed by atoms with van der Waals surface area (Å²) in [6, 6.07) is 7.33. The van der Waals surface area contributed by atoms with Crippen molar-refractivity contribution >= 4 is 24.0 Å². The Hall–Kier alpha value is -1.30. The zero-order valence-corrected chi connectivity index (χ0v) is 12.7. The van der Waals surface area contributed by atoms with Crippen LogP contribution < -0.4 is 15.8 Å². The Morgan fingerprint density at radius 3 is 2.80 bits per heavy atom. The van der Waals surface area contributed by atoms with Crippen LogP contribution in [0.2, 0.25) is 0 Å². The van der Waals surface area contributed by atoms with Crippen molar-refractivity contribution in [2.24, 2.45) is 5.73 Å². The molecule has 0 aromatic heterocycles. The lowest BCUT2D eigenvalue weighted by Crippen LogP contribution is -2.28. The molecule has 0 saturated carbocycles. The summed E-state index contributed by atoms with van der Waals surface area (Å²) in [6.45, 7) is 3.03. The first kappa shape index (κ1) is 18.7. The Morgan fingerprint density at radius 1 is 1.45 bits per heavy atom. The van der Waals surface area contributed by atoms with E-state index < -0.39 is 0 Å². The number of hydrogen-bond acceptors (Lipinski definition) is 4. The van der Waals surface area contributed by atoms with Gasteiger partial charge in [-0.2, -0.15) is 0 Å². The standard InChI is InChI=1S/C14H22N2O3.ClH/c1-3-7-19-12-6-4-5-11(8-12)16-14(17)9-13(10-15)18-2;/h4-6,8,13H,3,7,9-10,15H2,1-2H3,(H,16,17);1H. The van der Waals surface area contributed by atoms with Gasteiger partial charge in [-0.1, -0.05) is 13.0 Å². The summed E-state index contributed by atoms with van der Waals surface area (Å²) in [5, 5.41) is 2.80. The number of rotatable bonds is 8. The normalized spacial score (nSPS) is 11.3. The number of carbonyl (C=O) groups excluding carboxylic acids is 1. The van der Waals surface area contributed by atoms with E-state index in [9.17, 15) is 4.79 Å². The smallest absolute Gasteiger partial charge is 0.227 e. The third-order valence-electron chi connectivity index (χ3n) is 2.60. The van der Waals surface area contributed by atoms with Crippen LogP contribution in [0.3, 0.4) is 0 Å². The number of halogens is 1. The highest BCUT2D eigenvalue weighted by Gasteiger charge is 2.11. The summed E-state index contributed by atoms with van der Waals surface area (Å²) in [5.41, 5.74) is 6.19. The van der Waals surface area contributed by atoms with Gasteiger partial charge in [0, 0.05) is 25.4 Å². The fourth-order valence-electron chi connectivity index (χ4n) is 1.57. The molecule has 6 heteroatoms. The van der Waals surface area contributed by atoms with Crippen LogP contribution in [0, 0.1) is 0 Å². The first-order chi connectivity index (χ1) is 9.19. The molecule has 1 unspecified atom stereocenters. The molecule has 20 heavy (non-hydrogen) atoms. The number of ether oxygens (including phenoxy) is 2. The number of hydrogen-bond donors (Lipinski definition) is 2. The Morgan fingerprint density at radius 2 is 2.20 bits per heavy atom. The first-order valence-electron chi connectivity index (χ1n) is 6.45. The van der Waals surface area contributed by atoms with Gasteiger partial charge in [-0.15, -0.1) is 12.4 Å². The SMILES string of the molecule is CCCOc1cccc(NC(=O)CC(CN)OC)c1.Cl. The van der Waals surface area contributed by atoms with Crippen molar-refractivity contribution < 1.29 is 14.3 Å². The zero-order chi connectivity index (χ0) is 14.1. The van der Waals surface area contributed by atoms with Gasteiger partial charge in [0.25, 0.3) is 0 Å². The molecule has 0 radical (unpaired) electrons. The summed E-state index contributed by atoms with van der Waals surface area (Å²) in [4.78, 5) is 11.8. The number of methoxy groups -OCH3 is 1. The van der Waals surface area contributed by atoms with Crippen LogP contribution in [-0.2, 0) is 9.53 Å². The van der Waals surface area contributed by atoms with Gasteiger partial charge in [-0.05, 0) is 18.6 Å². The van der Waals surface area contributed by atoms with Crippen LogP contribution in [0.15, 0.2) is 24.3 Å². The van der Waals surface area contributed by atoms with Crippen LogP contribution in [0.5, 0.6) is 5.75 Å². The second-order valence-electron chi connectivity index (χ2n) is 4.22. The molecule has 0 heterocycles. The van der Waals surface area contributed by atoms with Crippen molar-refractivity contribution in [3.8, 4) is 5.75 Å². The van der Waals surface area contributed by atoms with Gasteiger partial charge in [-0.3, -0.25) is 4.79 Å². The van der Waals surface area contributed by atoms with Crippen LogP contribution in [0.25, 0.3) is 0 Å². The number of amides is 1. The lowest BCUT2D eigenvalue weighted by atomic mass is 10.2. The van der Waals surface area contributed by atoms with Crippen LogP contribution in [-0.4, -0.2) is 32.3 Å². The number of anilines is 1. The molecule has 0 aliphatic carbocycles. The van der Waals surface area contributed by atoms with E-state index in [1.807, 2.05) is 25.1 Å². The Kier molecular flexibility index (Phi) is 9.80. The van der Waals surface area contributed by atoms with Crippen LogP contribution in [0.4, 0.5) is 5.69 Å². The van der Waals surface area contributed by atoms with E-state index in [0.717, 1.165) is 12.2 Å². The highest BCUT2D eigenvalue weighted by Crippen LogP contribution is 2.17. The van der Waals surface area contributed by atoms with Crippen molar-refractivity contribution in [2.45, 2.75) is 25.9 Å². The lowest BCUT2D eigenvalue weighted by Gasteiger charge is -2.13. The second-order valence-corrected chi connectivity index (χ2v) is 4.22. The maximum absolute atomic E-state index is 11.8. The second kappa shape index (κ2) is 10.5. The predicted molar refractivity (Wildman–Crippen MR) is 82.6 cm³/mol. The van der Waals surface area contributed by atoms with Gasteiger partial charge in [-0.25, -0.2) is 0 Å².